The van der Waals surface area contributed by atoms with E-state index in [0.29, 0.717) is 22.0 Å². The molecule has 0 aromatic heterocycles. The molecule has 0 radical (unpaired) electrons. The second kappa shape index (κ2) is 6.61. The highest BCUT2D eigenvalue weighted by molar-refractivity contribution is 7.90. The number of sulfone groups is 1. The van der Waals surface area contributed by atoms with Gasteiger partial charge in [-0.25, -0.2) is 8.42 Å². The van der Waals surface area contributed by atoms with Gasteiger partial charge in [-0.3, -0.25) is 0 Å². The zero-order valence-corrected chi connectivity index (χ0v) is 13.0. The minimum absolute atomic E-state index is 0.0171. The molecule has 0 atom stereocenters. The minimum atomic E-state index is -3.16. The molecule has 0 saturated heterocycles. The van der Waals surface area contributed by atoms with Crippen LogP contribution in [0.5, 0.6) is 0 Å². The molecule has 0 aliphatic heterocycles. The molecule has 0 heterocycles. The van der Waals surface area contributed by atoms with Gasteiger partial charge in [0.05, 0.1) is 21.6 Å². The van der Waals surface area contributed by atoms with E-state index in [1.165, 1.54) is 0 Å². The fraction of sp³-hybridized carbons (Fsp3) is 0.200. The molecule has 0 fully saturated rings. The van der Waals surface area contributed by atoms with Crippen LogP contribution in [0.4, 0.5) is 0 Å². The van der Waals surface area contributed by atoms with Gasteiger partial charge < -0.3 is 0 Å². The lowest BCUT2D eigenvalue weighted by molar-refractivity contribution is 0.594. The highest BCUT2D eigenvalue weighted by atomic mass is 35.5. The SMILES string of the molecule is O=S(=O)(CCc1ccccc1)Cc1ccc(Cl)c(Cl)c1. The second-order valence-electron chi connectivity index (χ2n) is 4.58. The summed E-state index contributed by atoms with van der Waals surface area (Å²) in [5.74, 6) is 0.105. The first-order valence-corrected chi connectivity index (χ1v) is 8.72. The molecule has 2 rings (SSSR count). The Balaban J connectivity index is 2.02. The summed E-state index contributed by atoms with van der Waals surface area (Å²) in [5, 5.41) is 0.805. The number of aryl methyl sites for hydroxylation is 1. The Bertz CT molecular complexity index is 682. The van der Waals surface area contributed by atoms with Gasteiger partial charge in [-0.15, -0.1) is 0 Å². The number of hydrogen-bond acceptors (Lipinski definition) is 2. The van der Waals surface area contributed by atoms with Gasteiger partial charge in [0.25, 0.3) is 0 Å². The topological polar surface area (TPSA) is 34.1 Å². The van der Waals surface area contributed by atoms with Crippen LogP contribution in [0.25, 0.3) is 0 Å². The first kappa shape index (κ1) is 15.4. The van der Waals surface area contributed by atoms with Crippen molar-refractivity contribution in [2.24, 2.45) is 0 Å². The lowest BCUT2D eigenvalue weighted by atomic mass is 10.2. The van der Waals surface area contributed by atoms with Crippen molar-refractivity contribution in [2.45, 2.75) is 12.2 Å². The quantitative estimate of drug-likeness (QED) is 0.826. The zero-order chi connectivity index (χ0) is 14.6. The van der Waals surface area contributed by atoms with E-state index in [2.05, 4.69) is 0 Å². The highest BCUT2D eigenvalue weighted by Crippen LogP contribution is 2.23. The average Bonchev–Trinajstić information content (AvgIpc) is 2.42. The normalized spacial score (nSPS) is 11.5. The third kappa shape index (κ3) is 4.51. The van der Waals surface area contributed by atoms with E-state index in [9.17, 15) is 8.42 Å². The average molecular weight is 329 g/mol. The summed E-state index contributed by atoms with van der Waals surface area (Å²) < 4.78 is 24.2. The van der Waals surface area contributed by atoms with E-state index in [0.717, 1.165) is 5.56 Å². The van der Waals surface area contributed by atoms with E-state index >= 15 is 0 Å². The summed E-state index contributed by atoms with van der Waals surface area (Å²) in [5.41, 5.74) is 1.68. The zero-order valence-electron chi connectivity index (χ0n) is 10.7. The summed E-state index contributed by atoms with van der Waals surface area (Å²) in [7, 11) is -3.16. The van der Waals surface area contributed by atoms with Gasteiger partial charge in [-0.2, -0.15) is 0 Å². The molecule has 0 aliphatic carbocycles. The van der Waals surface area contributed by atoms with Gasteiger partial charge in [0.15, 0.2) is 9.84 Å². The molecule has 0 saturated carbocycles. The van der Waals surface area contributed by atoms with Crippen molar-refractivity contribution in [1.82, 2.24) is 0 Å². The van der Waals surface area contributed by atoms with Crippen molar-refractivity contribution < 1.29 is 8.42 Å². The highest BCUT2D eigenvalue weighted by Gasteiger charge is 2.13. The number of hydrogen-bond donors (Lipinski definition) is 0. The molecule has 0 bridgehead atoms. The van der Waals surface area contributed by atoms with Crippen LogP contribution in [0.2, 0.25) is 10.0 Å². The van der Waals surface area contributed by atoms with Crippen molar-refractivity contribution in [3.05, 3.63) is 69.7 Å². The molecule has 2 aromatic rings. The Morgan fingerprint density at radius 2 is 1.55 bits per heavy atom. The van der Waals surface area contributed by atoms with E-state index < -0.39 is 9.84 Å². The number of benzene rings is 2. The van der Waals surface area contributed by atoms with Gasteiger partial charge in [0.1, 0.15) is 0 Å². The fourth-order valence-corrected chi connectivity index (χ4v) is 3.57. The molecular formula is C15H14Cl2O2S. The Morgan fingerprint density at radius 1 is 0.850 bits per heavy atom. The molecule has 0 N–H and O–H groups in total. The third-order valence-electron chi connectivity index (χ3n) is 2.92. The maximum absolute atomic E-state index is 12.1. The van der Waals surface area contributed by atoms with Crippen molar-refractivity contribution in [2.75, 3.05) is 5.75 Å². The first-order valence-electron chi connectivity index (χ1n) is 6.14. The molecule has 0 aliphatic rings. The lowest BCUT2D eigenvalue weighted by Gasteiger charge is -2.06. The van der Waals surface area contributed by atoms with E-state index in [-0.39, 0.29) is 11.5 Å². The smallest absolute Gasteiger partial charge is 0.154 e. The van der Waals surface area contributed by atoms with Crippen LogP contribution in [-0.2, 0) is 22.0 Å². The van der Waals surface area contributed by atoms with Gasteiger partial charge in [0, 0.05) is 0 Å². The van der Waals surface area contributed by atoms with Crippen LogP contribution in [0.15, 0.2) is 48.5 Å². The van der Waals surface area contributed by atoms with Gasteiger partial charge in [-0.05, 0) is 29.7 Å². The van der Waals surface area contributed by atoms with Crippen LogP contribution < -0.4 is 0 Å². The first-order chi connectivity index (χ1) is 9.46. The summed E-state index contributed by atoms with van der Waals surface area (Å²) in [6.45, 7) is 0. The van der Waals surface area contributed by atoms with Gasteiger partial charge >= 0.3 is 0 Å². The molecule has 0 amide bonds. The Morgan fingerprint density at radius 3 is 2.20 bits per heavy atom. The van der Waals surface area contributed by atoms with Crippen molar-refractivity contribution in [1.29, 1.82) is 0 Å². The molecule has 2 aromatic carbocycles. The van der Waals surface area contributed by atoms with Crippen molar-refractivity contribution >= 4 is 33.0 Å². The molecule has 2 nitrogen and oxygen atoms in total. The van der Waals surface area contributed by atoms with Crippen LogP contribution in [0, 0.1) is 0 Å². The van der Waals surface area contributed by atoms with E-state index in [1.54, 1.807) is 18.2 Å². The van der Waals surface area contributed by atoms with E-state index in [1.807, 2.05) is 30.3 Å². The monoisotopic (exact) mass is 328 g/mol. The van der Waals surface area contributed by atoms with Gasteiger partial charge in [0.2, 0.25) is 0 Å². The predicted molar refractivity (Wildman–Crippen MR) is 84.1 cm³/mol. The standard InChI is InChI=1S/C15H14Cl2O2S/c16-14-7-6-13(10-15(14)17)11-20(18,19)9-8-12-4-2-1-3-5-12/h1-7,10H,8-9,11H2. The molecule has 5 heteroatoms. The fourth-order valence-electron chi connectivity index (χ4n) is 1.87. The molecule has 106 valence electrons. The molecule has 20 heavy (non-hydrogen) atoms. The lowest BCUT2D eigenvalue weighted by Crippen LogP contribution is -2.11. The molecule has 0 unspecified atom stereocenters. The molecular weight excluding hydrogens is 315 g/mol. The van der Waals surface area contributed by atoms with E-state index in [4.69, 9.17) is 23.2 Å². The minimum Gasteiger partial charge on any atom is -0.228 e. The van der Waals surface area contributed by atoms with Crippen LogP contribution in [0.1, 0.15) is 11.1 Å². The van der Waals surface area contributed by atoms with Crippen LogP contribution >= 0.6 is 23.2 Å². The van der Waals surface area contributed by atoms with Crippen LogP contribution in [-0.4, -0.2) is 14.2 Å². The maximum atomic E-state index is 12.1. The second-order valence-corrected chi connectivity index (χ2v) is 7.57. The summed E-state index contributed by atoms with van der Waals surface area (Å²) in [6, 6.07) is 14.5. The number of rotatable bonds is 5. The summed E-state index contributed by atoms with van der Waals surface area (Å²) in [6.07, 6.45) is 0.518. The summed E-state index contributed by atoms with van der Waals surface area (Å²) >= 11 is 11.7. The Labute approximate surface area is 129 Å². The predicted octanol–water partition coefficient (Wildman–Crippen LogP) is 4.15. The molecule has 0 spiro atoms. The largest absolute Gasteiger partial charge is 0.228 e. The summed E-state index contributed by atoms with van der Waals surface area (Å²) in [4.78, 5) is 0. The third-order valence-corrected chi connectivity index (χ3v) is 5.25. The van der Waals surface area contributed by atoms with Crippen molar-refractivity contribution in [3.63, 3.8) is 0 Å². The number of halogens is 2. The Kier molecular flexibility index (Phi) is 5.08. The Hall–Kier alpha value is -1.03. The van der Waals surface area contributed by atoms with Gasteiger partial charge in [-0.1, -0.05) is 59.6 Å². The maximum Gasteiger partial charge on any atom is 0.154 e. The van der Waals surface area contributed by atoms with Crippen LogP contribution in [0.3, 0.4) is 0 Å². The van der Waals surface area contributed by atoms with Crippen molar-refractivity contribution in [3.8, 4) is 0 Å².